The molecular weight excluding hydrogens is 224 g/mol. The second-order valence-corrected chi connectivity index (χ2v) is 5.89. The van der Waals surface area contributed by atoms with Crippen molar-refractivity contribution in [2.75, 3.05) is 6.56 Å². The first kappa shape index (κ1) is 9.23. The van der Waals surface area contributed by atoms with Crippen molar-refractivity contribution in [2.45, 2.75) is 0 Å². The van der Waals surface area contributed by atoms with Crippen LogP contribution in [0, 0.1) is 12.3 Å². The van der Waals surface area contributed by atoms with Crippen molar-refractivity contribution in [3.63, 3.8) is 0 Å². The van der Waals surface area contributed by atoms with Gasteiger partial charge < -0.3 is 4.43 Å². The van der Waals surface area contributed by atoms with Gasteiger partial charge in [-0.15, -0.1) is 6.42 Å². The van der Waals surface area contributed by atoms with E-state index in [2.05, 4.69) is 5.92 Å². The monoisotopic (exact) mass is 240 g/mol. The molecule has 0 aliphatic heterocycles. The second kappa shape index (κ2) is 6.05. The van der Waals surface area contributed by atoms with E-state index in [0.717, 1.165) is 10.4 Å². The molecule has 0 spiro atoms. The summed E-state index contributed by atoms with van der Waals surface area (Å²) in [5.74, 6) is 2.06. The van der Waals surface area contributed by atoms with E-state index in [1.165, 1.54) is 0 Å². The minimum Gasteiger partial charge on any atom is -0.400 e. The fraction of sp³-hybridized carbons (Fsp3) is 0.0667. The van der Waals surface area contributed by atoms with Crippen LogP contribution in [0.3, 0.4) is 0 Å². The van der Waals surface area contributed by atoms with Gasteiger partial charge in [-0.1, -0.05) is 66.6 Å². The van der Waals surface area contributed by atoms with Gasteiger partial charge in [0.2, 0.25) is 9.04 Å². The van der Waals surface area contributed by atoms with Crippen molar-refractivity contribution in [3.8, 4) is 12.3 Å². The highest BCUT2D eigenvalue weighted by molar-refractivity contribution is 6.80. The SMILES string of the molecule is [2H]C([2H])(C#C)O[SiH](c1ccccc1)c1ccccc1. The van der Waals surface area contributed by atoms with Gasteiger partial charge in [0.15, 0.2) is 0 Å². The van der Waals surface area contributed by atoms with Gasteiger partial charge in [-0.25, -0.2) is 0 Å². The topological polar surface area (TPSA) is 9.23 Å². The predicted octanol–water partition coefficient (Wildman–Crippen LogP) is 1.17. The van der Waals surface area contributed by atoms with E-state index in [9.17, 15) is 0 Å². The average molecular weight is 240 g/mol. The molecular formula is C15H14OSi. The second-order valence-electron chi connectivity index (χ2n) is 3.57. The van der Waals surface area contributed by atoms with Crippen LogP contribution in [0.15, 0.2) is 60.7 Å². The van der Waals surface area contributed by atoms with Crippen LogP contribution in [0.4, 0.5) is 0 Å². The van der Waals surface area contributed by atoms with Crippen molar-refractivity contribution in [1.29, 1.82) is 0 Å². The summed E-state index contributed by atoms with van der Waals surface area (Å²) in [6, 6.07) is 19.4. The van der Waals surface area contributed by atoms with Gasteiger partial charge in [0.05, 0.1) is 9.30 Å². The van der Waals surface area contributed by atoms with Crippen molar-refractivity contribution >= 4 is 19.4 Å². The molecule has 2 aromatic carbocycles. The molecule has 0 fully saturated rings. The third-order valence-corrected chi connectivity index (χ3v) is 4.77. The Balaban J connectivity index is 2.38. The third-order valence-electron chi connectivity index (χ3n) is 2.44. The Kier molecular flexibility index (Phi) is 3.28. The molecule has 0 radical (unpaired) electrons. The summed E-state index contributed by atoms with van der Waals surface area (Å²) in [4.78, 5) is 0. The molecule has 2 heteroatoms. The Bertz CT molecular complexity index is 524. The van der Waals surface area contributed by atoms with Crippen LogP contribution in [0.1, 0.15) is 2.74 Å². The Morgan fingerprint density at radius 3 is 1.88 bits per heavy atom. The summed E-state index contributed by atoms with van der Waals surface area (Å²) >= 11 is 0. The molecule has 2 aromatic rings. The number of benzene rings is 2. The summed E-state index contributed by atoms with van der Waals surface area (Å²) in [7, 11) is -2.11. The van der Waals surface area contributed by atoms with Crippen molar-refractivity contribution < 1.29 is 7.17 Å². The lowest BCUT2D eigenvalue weighted by Gasteiger charge is -2.15. The number of rotatable bonds is 4. The molecule has 0 atom stereocenters. The van der Waals surface area contributed by atoms with Crippen LogP contribution in [-0.4, -0.2) is 15.6 Å². The molecule has 0 aliphatic carbocycles. The van der Waals surface area contributed by atoms with Gasteiger partial charge >= 0.3 is 0 Å². The third kappa shape index (κ3) is 3.07. The summed E-state index contributed by atoms with van der Waals surface area (Å²) in [5.41, 5.74) is 0. The standard InChI is InChI=1S/C15H14OSi/c1-2-13-16-17(14-9-5-3-6-10-14)15-11-7-4-8-12-15/h1,3-12,17H,13H2/i13D2. The molecule has 0 aromatic heterocycles. The normalized spacial score (nSPS) is 12.7. The molecule has 0 N–H and O–H groups in total. The van der Waals surface area contributed by atoms with Crippen LogP contribution in [0.5, 0.6) is 0 Å². The zero-order valence-electron chi connectivity index (χ0n) is 11.3. The first-order valence-corrected chi connectivity index (χ1v) is 7.00. The number of terminal acetylenes is 1. The minimum absolute atomic E-state index is 1.01. The summed E-state index contributed by atoms with van der Waals surface area (Å²) in [6.45, 7) is -2.04. The van der Waals surface area contributed by atoms with Gasteiger partial charge in [0.25, 0.3) is 0 Å². The molecule has 0 bridgehead atoms. The molecule has 84 valence electrons. The average Bonchev–Trinajstić information content (AvgIpc) is 2.47. The quantitative estimate of drug-likeness (QED) is 0.576. The van der Waals surface area contributed by atoms with E-state index in [1.54, 1.807) is 0 Å². The van der Waals surface area contributed by atoms with E-state index in [1.807, 2.05) is 60.7 Å². The van der Waals surface area contributed by atoms with Crippen molar-refractivity contribution in [2.24, 2.45) is 0 Å². The molecule has 2 rings (SSSR count). The highest BCUT2D eigenvalue weighted by Gasteiger charge is 2.16. The van der Waals surface area contributed by atoms with Crippen LogP contribution < -0.4 is 10.4 Å². The lowest BCUT2D eigenvalue weighted by atomic mass is 10.4. The molecule has 0 aliphatic rings. The van der Waals surface area contributed by atoms with E-state index >= 15 is 0 Å². The Hall–Kier alpha value is -1.82. The molecule has 0 heterocycles. The van der Waals surface area contributed by atoms with Gasteiger partial charge in [0, 0.05) is 0 Å². The van der Waals surface area contributed by atoms with Crippen molar-refractivity contribution in [1.82, 2.24) is 0 Å². The van der Waals surface area contributed by atoms with Crippen LogP contribution in [0.2, 0.25) is 0 Å². The van der Waals surface area contributed by atoms with E-state index in [-0.39, 0.29) is 0 Å². The van der Waals surface area contributed by atoms with E-state index in [4.69, 9.17) is 13.6 Å². The molecule has 0 amide bonds. The molecule has 1 nitrogen and oxygen atoms in total. The van der Waals surface area contributed by atoms with Gasteiger partial charge in [0.1, 0.15) is 0 Å². The maximum Gasteiger partial charge on any atom is 0.241 e. The van der Waals surface area contributed by atoms with Gasteiger partial charge in [-0.05, 0) is 10.4 Å². The largest absolute Gasteiger partial charge is 0.400 e. The zero-order valence-corrected chi connectivity index (χ0v) is 10.5. The Morgan fingerprint density at radius 2 is 1.47 bits per heavy atom. The number of hydrogen-bond donors (Lipinski definition) is 0. The minimum atomic E-state index is -2.11. The molecule has 0 unspecified atom stereocenters. The smallest absolute Gasteiger partial charge is 0.241 e. The van der Waals surface area contributed by atoms with E-state index < -0.39 is 15.6 Å². The van der Waals surface area contributed by atoms with Crippen molar-refractivity contribution in [3.05, 3.63) is 60.7 Å². The first-order chi connectivity index (χ1) is 9.12. The summed E-state index contributed by atoms with van der Waals surface area (Å²) in [6.07, 6.45) is 5.18. The molecule has 17 heavy (non-hydrogen) atoms. The highest BCUT2D eigenvalue weighted by Crippen LogP contribution is 1.94. The lowest BCUT2D eigenvalue weighted by molar-refractivity contribution is 0.391. The van der Waals surface area contributed by atoms with Crippen LogP contribution >= 0.6 is 0 Å². The van der Waals surface area contributed by atoms with Crippen LogP contribution in [0.25, 0.3) is 0 Å². The van der Waals surface area contributed by atoms with Gasteiger partial charge in [-0.3, -0.25) is 0 Å². The van der Waals surface area contributed by atoms with Crippen LogP contribution in [-0.2, 0) is 4.43 Å². The summed E-state index contributed by atoms with van der Waals surface area (Å²) in [5, 5.41) is 2.01. The maximum absolute atomic E-state index is 7.65. The first-order valence-electron chi connectivity index (χ1n) is 6.38. The number of hydrogen-bond acceptors (Lipinski definition) is 1. The molecule has 0 saturated carbocycles. The maximum atomic E-state index is 7.65. The lowest BCUT2D eigenvalue weighted by Crippen LogP contribution is -2.44. The Labute approximate surface area is 107 Å². The highest BCUT2D eigenvalue weighted by atomic mass is 28.3. The van der Waals surface area contributed by atoms with Gasteiger partial charge in [-0.2, -0.15) is 0 Å². The molecule has 0 saturated heterocycles. The fourth-order valence-electron chi connectivity index (χ4n) is 1.68. The Morgan fingerprint density at radius 1 is 1.00 bits per heavy atom. The fourth-order valence-corrected chi connectivity index (χ4v) is 3.66. The predicted molar refractivity (Wildman–Crippen MR) is 74.1 cm³/mol. The zero-order chi connectivity index (χ0) is 13.7. The van der Waals surface area contributed by atoms with E-state index in [0.29, 0.717) is 0 Å². The summed E-state index contributed by atoms with van der Waals surface area (Å²) < 4.78 is 20.9.